The number of allylic oxidation sites excluding steroid dienone is 1. The lowest BCUT2D eigenvalue weighted by molar-refractivity contribution is -0.0514. The third kappa shape index (κ3) is 8.73. The molecule has 162 valence electrons. The molecule has 16 heteroatoms. The quantitative estimate of drug-likeness (QED) is 0.201. The Balaban J connectivity index is 0.000000387. The third-order valence-electron chi connectivity index (χ3n) is 3.63. The summed E-state index contributed by atoms with van der Waals surface area (Å²) in [5.74, 6) is 2.34. The van der Waals surface area contributed by atoms with Gasteiger partial charge < -0.3 is 11.1 Å². The normalized spacial score (nSPS) is 25.6. The van der Waals surface area contributed by atoms with E-state index in [0.29, 0.717) is 0 Å². The zero-order valence-electron chi connectivity index (χ0n) is 13.4. The van der Waals surface area contributed by atoms with Gasteiger partial charge >= 0.3 is 31.3 Å². The second-order valence-corrected chi connectivity index (χ2v) is 8.31. The molecule has 0 aromatic carbocycles. The molecule has 1 aliphatic carbocycles. The highest BCUT2D eigenvalue weighted by molar-refractivity contribution is 7.86. The fourth-order valence-corrected chi connectivity index (χ4v) is 2.32. The monoisotopic (exact) mass is 452 g/mol. The lowest BCUT2D eigenvalue weighted by Crippen LogP contribution is -2.30. The molecule has 0 saturated carbocycles. The largest absolute Gasteiger partial charge is 0.522 e. The van der Waals surface area contributed by atoms with Gasteiger partial charge in [0.15, 0.2) is 0 Å². The standard InChI is InChI=1S/C9H16N2.2CHF3O3S/c10-4-7-2-1-3-8-5-11-6-9(7)8;2*2-1(3,4)8(5,6)7/h1,3,7-9,11H,2,4-6,10H2;2*(H,5,6,7). The van der Waals surface area contributed by atoms with E-state index in [2.05, 4.69) is 17.5 Å². The zero-order valence-corrected chi connectivity index (χ0v) is 15.0. The highest BCUT2D eigenvalue weighted by Crippen LogP contribution is 2.31. The minimum absolute atomic E-state index is 0.736. The van der Waals surface area contributed by atoms with E-state index in [1.54, 1.807) is 0 Å². The van der Waals surface area contributed by atoms with Crippen LogP contribution in [0.2, 0.25) is 0 Å². The Kier molecular flexibility index (Phi) is 9.18. The average molecular weight is 452 g/mol. The van der Waals surface area contributed by atoms with Crippen molar-refractivity contribution in [2.75, 3.05) is 19.6 Å². The van der Waals surface area contributed by atoms with Crippen molar-refractivity contribution in [3.63, 3.8) is 0 Å². The molecule has 0 radical (unpaired) electrons. The number of nitrogens with two attached hydrogens (primary N) is 1. The number of hydrogen-bond donors (Lipinski definition) is 4. The molecule has 2 aliphatic rings. The van der Waals surface area contributed by atoms with Crippen molar-refractivity contribution in [2.24, 2.45) is 23.5 Å². The van der Waals surface area contributed by atoms with Gasteiger partial charge in [0.1, 0.15) is 0 Å². The van der Waals surface area contributed by atoms with E-state index < -0.39 is 31.3 Å². The maximum atomic E-state index is 10.7. The minimum atomic E-state index is -5.84. The fraction of sp³-hybridized carbons (Fsp3) is 0.818. The maximum Gasteiger partial charge on any atom is 0.522 e. The van der Waals surface area contributed by atoms with Crippen LogP contribution in [0.5, 0.6) is 0 Å². The molecule has 1 saturated heterocycles. The van der Waals surface area contributed by atoms with Crippen molar-refractivity contribution in [2.45, 2.75) is 17.4 Å². The molecule has 0 bridgehead atoms. The topological polar surface area (TPSA) is 147 Å². The minimum Gasteiger partial charge on any atom is -0.330 e. The molecular formula is C11H18F6N2O6S2. The summed E-state index contributed by atoms with van der Waals surface area (Å²) >= 11 is 0. The molecule has 3 unspecified atom stereocenters. The van der Waals surface area contributed by atoms with E-state index in [1.165, 1.54) is 13.0 Å². The molecule has 0 aromatic heterocycles. The van der Waals surface area contributed by atoms with Gasteiger partial charge in [-0.1, -0.05) is 12.2 Å². The van der Waals surface area contributed by atoms with E-state index >= 15 is 0 Å². The van der Waals surface area contributed by atoms with Crippen LogP contribution < -0.4 is 11.1 Å². The first-order valence-corrected chi connectivity index (χ1v) is 9.94. The van der Waals surface area contributed by atoms with Crippen molar-refractivity contribution >= 4 is 20.2 Å². The van der Waals surface area contributed by atoms with Crippen molar-refractivity contribution in [1.82, 2.24) is 5.32 Å². The van der Waals surface area contributed by atoms with Crippen LogP contribution in [0.1, 0.15) is 6.42 Å². The van der Waals surface area contributed by atoms with Crippen LogP contribution in [0, 0.1) is 17.8 Å². The van der Waals surface area contributed by atoms with Crippen molar-refractivity contribution in [3.8, 4) is 0 Å². The summed E-state index contributed by atoms with van der Waals surface area (Å²) in [7, 11) is -11.7. The van der Waals surface area contributed by atoms with Crippen LogP contribution in [-0.4, -0.2) is 56.6 Å². The fourth-order valence-electron chi connectivity index (χ4n) is 2.32. The van der Waals surface area contributed by atoms with Gasteiger partial charge in [-0.05, 0) is 37.3 Å². The van der Waals surface area contributed by atoms with Gasteiger partial charge in [-0.15, -0.1) is 0 Å². The molecule has 1 aliphatic heterocycles. The van der Waals surface area contributed by atoms with Gasteiger partial charge in [0, 0.05) is 6.54 Å². The van der Waals surface area contributed by atoms with Crippen LogP contribution in [0.25, 0.3) is 0 Å². The van der Waals surface area contributed by atoms with E-state index in [1.807, 2.05) is 0 Å². The molecule has 27 heavy (non-hydrogen) atoms. The lowest BCUT2D eigenvalue weighted by atomic mass is 9.78. The van der Waals surface area contributed by atoms with Crippen LogP contribution in [0.15, 0.2) is 12.2 Å². The predicted octanol–water partition coefficient (Wildman–Crippen LogP) is 1.14. The Labute approximate surface area is 151 Å². The summed E-state index contributed by atoms with van der Waals surface area (Å²) in [5, 5.41) is 3.42. The molecule has 1 heterocycles. The Bertz CT molecular complexity index is 662. The van der Waals surface area contributed by atoms with Crippen molar-refractivity contribution < 1.29 is 52.3 Å². The third-order valence-corrected chi connectivity index (χ3v) is 4.80. The Morgan fingerprint density at radius 3 is 1.70 bits per heavy atom. The second kappa shape index (κ2) is 9.51. The molecule has 3 atom stereocenters. The smallest absolute Gasteiger partial charge is 0.330 e. The van der Waals surface area contributed by atoms with Gasteiger partial charge in [-0.25, -0.2) is 0 Å². The first-order chi connectivity index (χ1) is 11.9. The summed E-state index contributed by atoms with van der Waals surface area (Å²) in [6, 6.07) is 0. The molecular weight excluding hydrogens is 434 g/mol. The molecule has 5 N–H and O–H groups in total. The number of nitrogens with one attached hydrogen (secondary N) is 1. The zero-order chi connectivity index (χ0) is 21.7. The van der Waals surface area contributed by atoms with E-state index in [-0.39, 0.29) is 0 Å². The molecule has 0 spiro atoms. The summed E-state index contributed by atoms with van der Waals surface area (Å²) < 4.78 is 115. The molecule has 8 nitrogen and oxygen atoms in total. The number of halogens is 6. The summed E-state index contributed by atoms with van der Waals surface area (Å²) in [4.78, 5) is 0. The summed E-state index contributed by atoms with van der Waals surface area (Å²) in [6.45, 7) is 3.20. The van der Waals surface area contributed by atoms with E-state index in [9.17, 15) is 26.3 Å². The van der Waals surface area contributed by atoms with Crippen LogP contribution in [0.4, 0.5) is 26.3 Å². The highest BCUT2D eigenvalue weighted by Gasteiger charge is 2.45. The van der Waals surface area contributed by atoms with Crippen LogP contribution in [-0.2, 0) is 20.2 Å². The number of alkyl halides is 6. The van der Waals surface area contributed by atoms with Gasteiger partial charge in [-0.3, -0.25) is 9.11 Å². The van der Waals surface area contributed by atoms with Crippen molar-refractivity contribution in [1.29, 1.82) is 0 Å². The molecule has 0 aromatic rings. The first-order valence-electron chi connectivity index (χ1n) is 7.06. The van der Waals surface area contributed by atoms with Gasteiger partial charge in [0.2, 0.25) is 0 Å². The van der Waals surface area contributed by atoms with E-state index in [0.717, 1.165) is 30.8 Å². The SMILES string of the molecule is NCC1CC=CC2CNCC21.O=S(=O)(O)C(F)(F)F.O=S(=O)(O)C(F)(F)F. The van der Waals surface area contributed by atoms with Gasteiger partial charge in [0.25, 0.3) is 0 Å². The molecule has 0 amide bonds. The number of rotatable bonds is 1. The Morgan fingerprint density at radius 1 is 0.963 bits per heavy atom. The first kappa shape index (κ1) is 26.1. The molecule has 2 rings (SSSR count). The lowest BCUT2D eigenvalue weighted by Gasteiger charge is -2.27. The average Bonchev–Trinajstić information content (AvgIpc) is 2.92. The summed E-state index contributed by atoms with van der Waals surface area (Å²) in [6.07, 6.45) is 5.85. The van der Waals surface area contributed by atoms with E-state index in [4.69, 9.17) is 31.7 Å². The maximum absolute atomic E-state index is 10.7. The van der Waals surface area contributed by atoms with Gasteiger partial charge in [0.05, 0.1) is 0 Å². The molecule has 1 fully saturated rings. The number of fused-ring (bicyclic) bond motifs is 1. The Hall–Kier alpha value is -0.940. The number of hydrogen-bond acceptors (Lipinski definition) is 6. The summed E-state index contributed by atoms with van der Waals surface area (Å²) in [5.41, 5.74) is -5.37. The van der Waals surface area contributed by atoms with Crippen LogP contribution in [0.3, 0.4) is 0 Å². The predicted molar refractivity (Wildman–Crippen MR) is 81.4 cm³/mol. The Morgan fingerprint density at radius 2 is 1.37 bits per heavy atom. The van der Waals surface area contributed by atoms with Crippen LogP contribution >= 0.6 is 0 Å². The highest BCUT2D eigenvalue weighted by atomic mass is 32.2. The van der Waals surface area contributed by atoms with Gasteiger partial charge in [-0.2, -0.15) is 43.2 Å². The van der Waals surface area contributed by atoms with Crippen molar-refractivity contribution in [3.05, 3.63) is 12.2 Å². The second-order valence-electron chi connectivity index (χ2n) is 5.49.